The highest BCUT2D eigenvalue weighted by molar-refractivity contribution is 5.28. The van der Waals surface area contributed by atoms with Crippen molar-refractivity contribution in [1.82, 2.24) is 0 Å². The van der Waals surface area contributed by atoms with Crippen LogP contribution < -0.4 is 0 Å². The van der Waals surface area contributed by atoms with Crippen molar-refractivity contribution < 1.29 is 4.39 Å². The van der Waals surface area contributed by atoms with Crippen molar-refractivity contribution in [3.05, 3.63) is 46.8 Å². The number of hydrogen-bond acceptors (Lipinski definition) is 0. The van der Waals surface area contributed by atoms with Crippen LogP contribution in [-0.2, 0) is 6.42 Å². The summed E-state index contributed by atoms with van der Waals surface area (Å²) in [6.07, 6.45) is 24.8. The minimum Gasteiger partial charge on any atom is -0.207 e. The Morgan fingerprint density at radius 1 is 0.967 bits per heavy atom. The van der Waals surface area contributed by atoms with E-state index in [-0.39, 0.29) is 5.82 Å². The van der Waals surface area contributed by atoms with Gasteiger partial charge in [0, 0.05) is 0 Å². The Hall–Kier alpha value is -1.11. The molecule has 0 saturated heterocycles. The summed E-state index contributed by atoms with van der Waals surface area (Å²) in [5, 5.41) is 0. The Morgan fingerprint density at radius 3 is 2.47 bits per heavy atom. The number of benzene rings is 1. The molecule has 0 heterocycles. The SMILES string of the molecule is CCCCCC1(CCC(CC2=CCCCC2)c2ccc(CC)c(F)c2)CCCCC1. The first-order valence-corrected chi connectivity index (χ1v) is 13.1. The molecule has 30 heavy (non-hydrogen) atoms. The van der Waals surface area contributed by atoms with Crippen molar-refractivity contribution in [1.29, 1.82) is 0 Å². The predicted octanol–water partition coefficient (Wildman–Crippen LogP) is 9.67. The Labute approximate surface area is 185 Å². The molecule has 168 valence electrons. The lowest BCUT2D eigenvalue weighted by Crippen LogP contribution is -2.25. The summed E-state index contributed by atoms with van der Waals surface area (Å²) in [4.78, 5) is 0. The van der Waals surface area contributed by atoms with Crippen molar-refractivity contribution in [3.8, 4) is 0 Å². The van der Waals surface area contributed by atoms with Crippen LogP contribution in [0.1, 0.15) is 134 Å². The number of unbranched alkanes of at least 4 members (excludes halogenated alkanes) is 2. The summed E-state index contributed by atoms with van der Waals surface area (Å²) in [6.45, 7) is 4.36. The van der Waals surface area contributed by atoms with Crippen LogP contribution in [0.3, 0.4) is 0 Å². The molecule has 0 spiro atoms. The van der Waals surface area contributed by atoms with Gasteiger partial charge in [-0.1, -0.05) is 76.2 Å². The van der Waals surface area contributed by atoms with Gasteiger partial charge in [-0.2, -0.15) is 0 Å². The number of allylic oxidation sites excluding steroid dienone is 2. The number of hydrogen-bond donors (Lipinski definition) is 0. The van der Waals surface area contributed by atoms with E-state index in [1.165, 1.54) is 102 Å². The van der Waals surface area contributed by atoms with E-state index in [4.69, 9.17) is 0 Å². The normalized spacial score (nSPS) is 20.0. The zero-order valence-electron chi connectivity index (χ0n) is 19.8. The van der Waals surface area contributed by atoms with E-state index in [0.29, 0.717) is 11.3 Å². The van der Waals surface area contributed by atoms with Crippen molar-refractivity contribution in [2.45, 2.75) is 129 Å². The number of halogens is 1. The minimum absolute atomic E-state index is 0.00736. The van der Waals surface area contributed by atoms with Crippen LogP contribution in [0.4, 0.5) is 4.39 Å². The maximum atomic E-state index is 14.7. The van der Waals surface area contributed by atoms with Crippen molar-refractivity contribution in [2.24, 2.45) is 5.41 Å². The molecule has 3 rings (SSSR count). The van der Waals surface area contributed by atoms with Gasteiger partial charge >= 0.3 is 0 Å². The molecule has 1 unspecified atom stereocenters. The largest absolute Gasteiger partial charge is 0.207 e. The monoisotopic (exact) mass is 412 g/mol. The second-order valence-electron chi connectivity index (χ2n) is 10.3. The van der Waals surface area contributed by atoms with Crippen LogP contribution >= 0.6 is 0 Å². The average Bonchev–Trinajstić information content (AvgIpc) is 2.78. The van der Waals surface area contributed by atoms with Gasteiger partial charge in [0.1, 0.15) is 5.82 Å². The summed E-state index contributed by atoms with van der Waals surface area (Å²) in [5.41, 5.74) is 4.30. The zero-order chi connectivity index (χ0) is 21.2. The van der Waals surface area contributed by atoms with Crippen LogP contribution in [0.5, 0.6) is 0 Å². The number of aryl methyl sites for hydroxylation is 1. The van der Waals surface area contributed by atoms with Gasteiger partial charge in [-0.15, -0.1) is 0 Å². The lowest BCUT2D eigenvalue weighted by molar-refractivity contribution is 0.144. The maximum Gasteiger partial charge on any atom is 0.126 e. The van der Waals surface area contributed by atoms with Gasteiger partial charge in [-0.3, -0.25) is 0 Å². The molecular weight excluding hydrogens is 367 g/mol. The minimum atomic E-state index is 0.00736. The van der Waals surface area contributed by atoms with Gasteiger partial charge in [0.15, 0.2) is 0 Å². The highest BCUT2D eigenvalue weighted by atomic mass is 19.1. The van der Waals surface area contributed by atoms with E-state index in [2.05, 4.69) is 19.1 Å². The third kappa shape index (κ3) is 6.69. The van der Waals surface area contributed by atoms with Gasteiger partial charge in [-0.25, -0.2) is 4.39 Å². The fourth-order valence-corrected chi connectivity index (χ4v) is 6.05. The summed E-state index contributed by atoms with van der Waals surface area (Å²) >= 11 is 0. The van der Waals surface area contributed by atoms with E-state index >= 15 is 0 Å². The van der Waals surface area contributed by atoms with Crippen molar-refractivity contribution in [3.63, 3.8) is 0 Å². The van der Waals surface area contributed by atoms with Crippen LogP contribution in [0, 0.1) is 11.2 Å². The van der Waals surface area contributed by atoms with Crippen LogP contribution in [0.15, 0.2) is 29.8 Å². The number of rotatable bonds is 11. The second-order valence-corrected chi connectivity index (χ2v) is 10.3. The van der Waals surface area contributed by atoms with Gasteiger partial charge in [0.25, 0.3) is 0 Å². The van der Waals surface area contributed by atoms with Crippen molar-refractivity contribution in [2.75, 3.05) is 0 Å². The highest BCUT2D eigenvalue weighted by Crippen LogP contribution is 2.47. The molecule has 0 N–H and O–H groups in total. The van der Waals surface area contributed by atoms with E-state index in [1.54, 1.807) is 5.57 Å². The summed E-state index contributed by atoms with van der Waals surface area (Å²) in [5.74, 6) is 0.493. The first-order chi connectivity index (χ1) is 14.7. The summed E-state index contributed by atoms with van der Waals surface area (Å²) < 4.78 is 14.7. The molecule has 0 amide bonds. The Morgan fingerprint density at radius 2 is 1.80 bits per heavy atom. The lowest BCUT2D eigenvalue weighted by Gasteiger charge is -2.39. The molecule has 0 bridgehead atoms. The lowest BCUT2D eigenvalue weighted by atomic mass is 9.66. The third-order valence-electron chi connectivity index (χ3n) is 8.07. The molecular formula is C29H45F. The maximum absolute atomic E-state index is 14.7. The standard InChI is InChI=1S/C29H45F/c1-3-5-10-18-29(19-11-7-12-20-29)21-17-27(22-24-13-8-6-9-14-24)26-16-15-25(4-2)28(30)23-26/h13,15-16,23,27H,3-12,14,17-22H2,1-2H3. The molecule has 1 aromatic carbocycles. The van der Waals surface area contributed by atoms with Gasteiger partial charge in [-0.05, 0) is 99.2 Å². The van der Waals surface area contributed by atoms with E-state index in [1.807, 2.05) is 19.1 Å². The Balaban J connectivity index is 1.74. The fourth-order valence-electron chi connectivity index (χ4n) is 6.05. The quantitative estimate of drug-likeness (QED) is 0.250. The molecule has 0 aromatic heterocycles. The molecule has 1 fully saturated rings. The third-order valence-corrected chi connectivity index (χ3v) is 8.07. The molecule has 0 nitrogen and oxygen atoms in total. The molecule has 1 saturated carbocycles. The van der Waals surface area contributed by atoms with E-state index in [9.17, 15) is 4.39 Å². The van der Waals surface area contributed by atoms with Gasteiger partial charge in [0.05, 0.1) is 0 Å². The molecule has 1 aromatic rings. The van der Waals surface area contributed by atoms with E-state index < -0.39 is 0 Å². The summed E-state index contributed by atoms with van der Waals surface area (Å²) in [7, 11) is 0. The molecule has 0 radical (unpaired) electrons. The van der Waals surface area contributed by atoms with E-state index in [0.717, 1.165) is 18.4 Å². The van der Waals surface area contributed by atoms with Gasteiger partial charge < -0.3 is 0 Å². The molecule has 2 aliphatic carbocycles. The summed E-state index contributed by atoms with van der Waals surface area (Å²) in [6, 6.07) is 6.16. The smallest absolute Gasteiger partial charge is 0.126 e. The first kappa shape index (κ1) is 23.6. The average molecular weight is 413 g/mol. The van der Waals surface area contributed by atoms with Crippen LogP contribution in [0.2, 0.25) is 0 Å². The highest BCUT2D eigenvalue weighted by Gasteiger charge is 2.32. The Kier molecular flexibility index (Phi) is 9.47. The first-order valence-electron chi connectivity index (χ1n) is 13.1. The van der Waals surface area contributed by atoms with Crippen molar-refractivity contribution >= 4 is 0 Å². The topological polar surface area (TPSA) is 0 Å². The van der Waals surface area contributed by atoms with Gasteiger partial charge in [0.2, 0.25) is 0 Å². The van der Waals surface area contributed by atoms with Crippen LogP contribution in [0.25, 0.3) is 0 Å². The second kappa shape index (κ2) is 12.1. The molecule has 2 aliphatic rings. The van der Waals surface area contributed by atoms with Crippen LogP contribution in [-0.4, -0.2) is 0 Å². The molecule has 1 heteroatoms. The predicted molar refractivity (Wildman–Crippen MR) is 129 cm³/mol. The zero-order valence-corrected chi connectivity index (χ0v) is 19.8. The molecule has 1 atom stereocenters. The molecule has 0 aliphatic heterocycles. The Bertz CT molecular complexity index is 665. The fraction of sp³-hybridized carbons (Fsp3) is 0.724.